The van der Waals surface area contributed by atoms with Gasteiger partial charge in [-0.3, -0.25) is 9.59 Å². The van der Waals surface area contributed by atoms with Gasteiger partial charge in [0.15, 0.2) is 5.82 Å². The van der Waals surface area contributed by atoms with Crippen LogP contribution >= 0.6 is 11.3 Å². The Morgan fingerprint density at radius 2 is 2.00 bits per heavy atom. The molecule has 0 fully saturated rings. The number of rotatable bonds is 8. The third kappa shape index (κ3) is 4.98. The van der Waals surface area contributed by atoms with Gasteiger partial charge in [0, 0.05) is 17.5 Å². The molecule has 1 N–H and O–H groups in total. The molecule has 3 heterocycles. The standard InChI is InChI=1S/C22H20N6O3S/c1-27(15-20(29)23-14-17-9-5-11-31-17)22(30)19(13-18-10-6-12-32-18)28-21(24-25-26-28)16-7-3-2-4-8-16/h2-13H,14-15H2,1H3,(H,23,29)/b19-13-. The number of hydrogen-bond acceptors (Lipinski definition) is 7. The fourth-order valence-electron chi connectivity index (χ4n) is 2.98. The maximum Gasteiger partial charge on any atom is 0.272 e. The van der Waals surface area contributed by atoms with Gasteiger partial charge in [0.25, 0.3) is 5.91 Å². The number of hydrogen-bond donors (Lipinski definition) is 1. The van der Waals surface area contributed by atoms with E-state index in [-0.39, 0.29) is 24.7 Å². The van der Waals surface area contributed by atoms with Crippen molar-refractivity contribution in [3.05, 3.63) is 76.9 Å². The predicted octanol–water partition coefficient (Wildman–Crippen LogP) is 2.77. The van der Waals surface area contributed by atoms with Crippen LogP contribution in [0.4, 0.5) is 0 Å². The molecule has 0 radical (unpaired) electrons. The largest absolute Gasteiger partial charge is 0.467 e. The number of amides is 2. The lowest BCUT2D eigenvalue weighted by atomic mass is 10.2. The molecular weight excluding hydrogens is 428 g/mol. The summed E-state index contributed by atoms with van der Waals surface area (Å²) in [5.41, 5.74) is 0.999. The lowest BCUT2D eigenvalue weighted by Gasteiger charge is -2.19. The Bertz CT molecular complexity index is 1200. The monoisotopic (exact) mass is 448 g/mol. The number of nitrogens with one attached hydrogen (secondary N) is 1. The first-order chi connectivity index (χ1) is 15.6. The quantitative estimate of drug-likeness (QED) is 0.416. The van der Waals surface area contributed by atoms with Crippen molar-refractivity contribution in [2.45, 2.75) is 6.54 Å². The Kier molecular flexibility index (Phi) is 6.52. The van der Waals surface area contributed by atoms with E-state index in [9.17, 15) is 9.59 Å². The van der Waals surface area contributed by atoms with Crippen molar-refractivity contribution < 1.29 is 14.0 Å². The Balaban J connectivity index is 1.57. The number of tetrazole rings is 1. The number of furan rings is 1. The van der Waals surface area contributed by atoms with E-state index in [0.29, 0.717) is 11.6 Å². The number of likely N-dealkylation sites (N-methyl/N-ethyl adjacent to an activating group) is 1. The summed E-state index contributed by atoms with van der Waals surface area (Å²) in [6.07, 6.45) is 3.25. The molecule has 0 aliphatic heterocycles. The van der Waals surface area contributed by atoms with Gasteiger partial charge in [-0.05, 0) is 40.1 Å². The molecule has 32 heavy (non-hydrogen) atoms. The second-order valence-electron chi connectivity index (χ2n) is 6.84. The van der Waals surface area contributed by atoms with E-state index in [2.05, 4.69) is 20.8 Å². The van der Waals surface area contributed by atoms with Gasteiger partial charge in [-0.1, -0.05) is 36.4 Å². The molecule has 2 amide bonds. The molecule has 0 spiro atoms. The van der Waals surface area contributed by atoms with Crippen LogP contribution in [-0.4, -0.2) is 50.5 Å². The maximum atomic E-state index is 13.4. The van der Waals surface area contributed by atoms with E-state index in [4.69, 9.17) is 4.42 Å². The minimum Gasteiger partial charge on any atom is -0.467 e. The molecular formula is C22H20N6O3S. The first-order valence-electron chi connectivity index (χ1n) is 9.76. The van der Waals surface area contributed by atoms with Crippen molar-refractivity contribution in [3.63, 3.8) is 0 Å². The van der Waals surface area contributed by atoms with E-state index in [1.54, 1.807) is 25.3 Å². The topological polar surface area (TPSA) is 106 Å². The first kappa shape index (κ1) is 21.2. The molecule has 1 aromatic carbocycles. The zero-order valence-electron chi connectivity index (χ0n) is 17.2. The van der Waals surface area contributed by atoms with Crippen molar-refractivity contribution in [1.29, 1.82) is 0 Å². The van der Waals surface area contributed by atoms with Crippen LogP contribution in [0.5, 0.6) is 0 Å². The smallest absolute Gasteiger partial charge is 0.272 e. The number of nitrogens with zero attached hydrogens (tertiary/aromatic N) is 5. The Morgan fingerprint density at radius 3 is 2.72 bits per heavy atom. The fourth-order valence-corrected chi connectivity index (χ4v) is 3.63. The number of thiophene rings is 1. The molecule has 0 bridgehead atoms. The highest BCUT2D eigenvalue weighted by atomic mass is 32.1. The second-order valence-corrected chi connectivity index (χ2v) is 7.82. The summed E-state index contributed by atoms with van der Waals surface area (Å²) in [5.74, 6) is 0.355. The molecule has 3 aromatic heterocycles. The molecule has 0 saturated heterocycles. The molecule has 10 heteroatoms. The van der Waals surface area contributed by atoms with Crippen LogP contribution in [0.1, 0.15) is 10.6 Å². The Labute approximate surface area is 188 Å². The predicted molar refractivity (Wildman–Crippen MR) is 120 cm³/mol. The van der Waals surface area contributed by atoms with Crippen LogP contribution in [0.2, 0.25) is 0 Å². The average Bonchev–Trinajstić information content (AvgIpc) is 3.59. The fraction of sp³-hybridized carbons (Fsp3) is 0.136. The third-order valence-electron chi connectivity index (χ3n) is 4.54. The van der Waals surface area contributed by atoms with Gasteiger partial charge in [-0.25, -0.2) is 0 Å². The van der Waals surface area contributed by atoms with Crippen LogP contribution in [-0.2, 0) is 16.1 Å². The van der Waals surface area contributed by atoms with Crippen molar-refractivity contribution in [2.24, 2.45) is 0 Å². The summed E-state index contributed by atoms with van der Waals surface area (Å²) in [4.78, 5) is 27.9. The van der Waals surface area contributed by atoms with Crippen molar-refractivity contribution in [1.82, 2.24) is 30.4 Å². The normalized spacial score (nSPS) is 11.3. The first-order valence-corrected chi connectivity index (χ1v) is 10.6. The van der Waals surface area contributed by atoms with E-state index >= 15 is 0 Å². The number of benzene rings is 1. The third-order valence-corrected chi connectivity index (χ3v) is 5.36. The van der Waals surface area contributed by atoms with Crippen molar-refractivity contribution >= 4 is 34.9 Å². The average molecular weight is 449 g/mol. The zero-order valence-corrected chi connectivity index (χ0v) is 18.0. The van der Waals surface area contributed by atoms with E-state index < -0.39 is 5.91 Å². The van der Waals surface area contributed by atoms with Gasteiger partial charge >= 0.3 is 0 Å². The Hall–Kier alpha value is -4.05. The van der Waals surface area contributed by atoms with Gasteiger partial charge in [0.05, 0.1) is 19.4 Å². The van der Waals surface area contributed by atoms with Gasteiger partial charge in [-0.15, -0.1) is 16.4 Å². The van der Waals surface area contributed by atoms with Gasteiger partial charge in [-0.2, -0.15) is 4.68 Å². The molecule has 4 aromatic rings. The highest BCUT2D eigenvalue weighted by Gasteiger charge is 2.23. The van der Waals surface area contributed by atoms with Crippen LogP contribution < -0.4 is 5.32 Å². The van der Waals surface area contributed by atoms with E-state index in [0.717, 1.165) is 10.4 Å². The number of carbonyl (C=O) groups excluding carboxylic acids is 2. The lowest BCUT2D eigenvalue weighted by Crippen LogP contribution is -2.39. The summed E-state index contributed by atoms with van der Waals surface area (Å²) < 4.78 is 6.61. The molecule has 4 rings (SSSR count). The number of carbonyl (C=O) groups is 2. The SMILES string of the molecule is CN(CC(=O)NCc1ccco1)C(=O)/C(=C/c1cccs1)n1nnnc1-c1ccccc1. The number of aromatic nitrogens is 4. The maximum absolute atomic E-state index is 13.4. The summed E-state index contributed by atoms with van der Waals surface area (Å²) >= 11 is 1.48. The second kappa shape index (κ2) is 9.84. The summed E-state index contributed by atoms with van der Waals surface area (Å²) in [5, 5.41) is 16.6. The summed E-state index contributed by atoms with van der Waals surface area (Å²) in [6, 6.07) is 16.6. The molecule has 0 atom stereocenters. The minimum atomic E-state index is -0.393. The van der Waals surface area contributed by atoms with Crippen molar-refractivity contribution in [2.75, 3.05) is 13.6 Å². The highest BCUT2D eigenvalue weighted by Crippen LogP contribution is 2.23. The van der Waals surface area contributed by atoms with Crippen LogP contribution in [0.3, 0.4) is 0 Å². The minimum absolute atomic E-state index is 0.135. The van der Waals surface area contributed by atoms with Crippen molar-refractivity contribution in [3.8, 4) is 11.4 Å². The Morgan fingerprint density at radius 1 is 1.16 bits per heavy atom. The van der Waals surface area contributed by atoms with Gasteiger partial charge < -0.3 is 14.6 Å². The van der Waals surface area contributed by atoms with Crippen LogP contribution in [0.25, 0.3) is 23.2 Å². The summed E-state index contributed by atoms with van der Waals surface area (Å²) in [7, 11) is 1.56. The molecule has 9 nitrogen and oxygen atoms in total. The van der Waals surface area contributed by atoms with Crippen LogP contribution in [0.15, 0.2) is 70.7 Å². The van der Waals surface area contributed by atoms with E-state index in [1.807, 2.05) is 47.8 Å². The molecule has 162 valence electrons. The van der Waals surface area contributed by atoms with Crippen LogP contribution in [0, 0.1) is 0 Å². The molecule has 0 aliphatic carbocycles. The zero-order chi connectivity index (χ0) is 22.3. The molecule has 0 saturated carbocycles. The molecule has 0 unspecified atom stereocenters. The highest BCUT2D eigenvalue weighted by molar-refractivity contribution is 7.10. The van der Waals surface area contributed by atoms with Gasteiger partial charge in [0.2, 0.25) is 5.91 Å². The van der Waals surface area contributed by atoms with Gasteiger partial charge in [0.1, 0.15) is 11.5 Å². The van der Waals surface area contributed by atoms with E-state index in [1.165, 1.54) is 27.2 Å². The molecule has 0 aliphatic rings. The summed E-state index contributed by atoms with van der Waals surface area (Å²) in [6.45, 7) is 0.112. The lowest BCUT2D eigenvalue weighted by molar-refractivity contribution is -0.130.